The molecular formula is C22H24ClN3O. The van der Waals surface area contributed by atoms with Crippen LogP contribution in [0.2, 0.25) is 5.02 Å². The monoisotopic (exact) mass is 381 g/mol. The Hall–Kier alpha value is -2.59. The molecule has 1 amide bonds. The predicted octanol–water partition coefficient (Wildman–Crippen LogP) is 5.32. The van der Waals surface area contributed by atoms with Gasteiger partial charge in [0.1, 0.15) is 0 Å². The minimum atomic E-state index is -0.126. The third-order valence-electron chi connectivity index (χ3n) is 4.87. The molecule has 0 aliphatic carbocycles. The molecule has 0 aliphatic rings. The summed E-state index contributed by atoms with van der Waals surface area (Å²) in [6, 6.07) is 13.8. The molecule has 1 N–H and O–H groups in total. The lowest BCUT2D eigenvalue weighted by atomic mass is 10.0. The first-order chi connectivity index (χ1) is 12.9. The molecule has 4 nitrogen and oxygen atoms in total. The largest absolute Gasteiger partial charge is 0.321 e. The van der Waals surface area contributed by atoms with Crippen molar-refractivity contribution in [2.75, 3.05) is 5.32 Å². The third kappa shape index (κ3) is 3.91. The van der Waals surface area contributed by atoms with Crippen LogP contribution in [0.5, 0.6) is 0 Å². The van der Waals surface area contributed by atoms with Crippen LogP contribution in [0.3, 0.4) is 0 Å². The Morgan fingerprint density at radius 2 is 1.78 bits per heavy atom. The van der Waals surface area contributed by atoms with Gasteiger partial charge in [-0.25, -0.2) is 0 Å². The number of carbonyl (C=O) groups excluding carboxylic acids is 1. The molecule has 0 radical (unpaired) electrons. The molecule has 3 rings (SSSR count). The van der Waals surface area contributed by atoms with E-state index in [1.54, 1.807) is 0 Å². The summed E-state index contributed by atoms with van der Waals surface area (Å²) in [5.74, 6) is -0.126. The van der Waals surface area contributed by atoms with E-state index in [0.717, 1.165) is 34.5 Å². The van der Waals surface area contributed by atoms with Gasteiger partial charge in [0.25, 0.3) is 5.91 Å². The highest BCUT2D eigenvalue weighted by Crippen LogP contribution is 2.24. The summed E-state index contributed by atoms with van der Waals surface area (Å²) in [6.45, 7) is 8.41. The minimum absolute atomic E-state index is 0.126. The Labute approximate surface area is 165 Å². The van der Waals surface area contributed by atoms with E-state index in [-0.39, 0.29) is 5.91 Å². The highest BCUT2D eigenvalue weighted by molar-refractivity contribution is 6.31. The zero-order valence-electron chi connectivity index (χ0n) is 16.1. The molecular weight excluding hydrogens is 358 g/mol. The van der Waals surface area contributed by atoms with Gasteiger partial charge in [0.2, 0.25) is 0 Å². The molecule has 3 aromatic rings. The van der Waals surface area contributed by atoms with Gasteiger partial charge >= 0.3 is 0 Å². The number of amides is 1. The van der Waals surface area contributed by atoms with Crippen LogP contribution in [0.1, 0.15) is 45.4 Å². The molecule has 0 atom stereocenters. The molecule has 27 heavy (non-hydrogen) atoms. The van der Waals surface area contributed by atoms with E-state index in [1.165, 1.54) is 0 Å². The second kappa shape index (κ2) is 7.97. The Morgan fingerprint density at radius 1 is 1.07 bits per heavy atom. The van der Waals surface area contributed by atoms with Crippen molar-refractivity contribution in [1.82, 2.24) is 9.78 Å². The van der Waals surface area contributed by atoms with Crippen molar-refractivity contribution in [3.8, 4) is 0 Å². The zero-order chi connectivity index (χ0) is 19.6. The molecule has 0 unspecified atom stereocenters. The third-order valence-corrected chi connectivity index (χ3v) is 5.23. The molecule has 5 heteroatoms. The molecule has 0 saturated carbocycles. The maximum Gasteiger partial charge on any atom is 0.259 e. The van der Waals surface area contributed by atoms with Crippen molar-refractivity contribution >= 4 is 23.2 Å². The van der Waals surface area contributed by atoms with E-state index in [0.29, 0.717) is 22.8 Å². The van der Waals surface area contributed by atoms with Crippen LogP contribution in [-0.2, 0) is 13.0 Å². The summed E-state index contributed by atoms with van der Waals surface area (Å²) in [5.41, 5.74) is 6.21. The highest BCUT2D eigenvalue weighted by Gasteiger charge is 2.20. The van der Waals surface area contributed by atoms with Gasteiger partial charge in [0.05, 0.1) is 17.8 Å². The number of nitrogens with zero attached hydrogens (tertiary/aromatic N) is 2. The predicted molar refractivity (Wildman–Crippen MR) is 111 cm³/mol. The first-order valence-corrected chi connectivity index (χ1v) is 9.47. The molecule has 1 heterocycles. The van der Waals surface area contributed by atoms with Crippen LogP contribution >= 0.6 is 11.6 Å². The summed E-state index contributed by atoms with van der Waals surface area (Å²) < 4.78 is 1.84. The Morgan fingerprint density at radius 3 is 2.48 bits per heavy atom. The fourth-order valence-corrected chi connectivity index (χ4v) is 3.54. The second-order valence-electron chi connectivity index (χ2n) is 6.71. The van der Waals surface area contributed by atoms with Gasteiger partial charge in [-0.1, -0.05) is 54.9 Å². The number of anilines is 1. The highest BCUT2D eigenvalue weighted by atomic mass is 35.5. The standard InChI is InChI=1S/C22H24ClN3O/c1-5-17-11-8-9-14(2)21(17)24-22(27)20-15(3)25-26(16(20)4)13-18-10-6-7-12-19(18)23/h6-12H,5,13H2,1-4H3,(H,24,27). The normalized spacial score (nSPS) is 10.9. The van der Waals surface area contributed by atoms with Crippen molar-refractivity contribution < 1.29 is 4.79 Å². The van der Waals surface area contributed by atoms with E-state index in [2.05, 4.69) is 17.3 Å². The molecule has 1 aromatic heterocycles. The van der Waals surface area contributed by atoms with Crippen molar-refractivity contribution in [1.29, 1.82) is 0 Å². The maximum atomic E-state index is 13.0. The zero-order valence-corrected chi connectivity index (χ0v) is 16.9. The smallest absolute Gasteiger partial charge is 0.259 e. The lowest BCUT2D eigenvalue weighted by Crippen LogP contribution is -2.16. The Balaban J connectivity index is 1.91. The average molecular weight is 382 g/mol. The van der Waals surface area contributed by atoms with E-state index in [9.17, 15) is 4.79 Å². The second-order valence-corrected chi connectivity index (χ2v) is 7.12. The van der Waals surface area contributed by atoms with E-state index < -0.39 is 0 Å². The van der Waals surface area contributed by atoms with Gasteiger partial charge in [-0.05, 0) is 49.9 Å². The molecule has 140 valence electrons. The SMILES string of the molecule is CCc1cccc(C)c1NC(=O)c1c(C)nn(Cc2ccccc2Cl)c1C. The number of benzene rings is 2. The number of para-hydroxylation sites is 1. The number of rotatable bonds is 5. The lowest BCUT2D eigenvalue weighted by Gasteiger charge is -2.13. The van der Waals surface area contributed by atoms with Gasteiger partial charge in [0.15, 0.2) is 0 Å². The number of hydrogen-bond acceptors (Lipinski definition) is 2. The van der Waals surface area contributed by atoms with Crippen LogP contribution in [0, 0.1) is 20.8 Å². The Kier molecular flexibility index (Phi) is 5.66. The summed E-state index contributed by atoms with van der Waals surface area (Å²) in [5, 5.41) is 8.37. The summed E-state index contributed by atoms with van der Waals surface area (Å²) in [6.07, 6.45) is 0.862. The number of aromatic nitrogens is 2. The number of hydrogen-bond donors (Lipinski definition) is 1. The maximum absolute atomic E-state index is 13.0. The lowest BCUT2D eigenvalue weighted by molar-refractivity contribution is 0.102. The molecule has 0 spiro atoms. The van der Waals surface area contributed by atoms with Gasteiger partial charge in [-0.15, -0.1) is 0 Å². The van der Waals surface area contributed by atoms with Crippen molar-refractivity contribution in [3.63, 3.8) is 0 Å². The van der Waals surface area contributed by atoms with Crippen LogP contribution in [0.4, 0.5) is 5.69 Å². The van der Waals surface area contributed by atoms with Crippen LogP contribution in [0.15, 0.2) is 42.5 Å². The molecule has 2 aromatic carbocycles. The van der Waals surface area contributed by atoms with E-state index >= 15 is 0 Å². The summed E-state index contributed by atoms with van der Waals surface area (Å²) in [7, 11) is 0. The first kappa shape index (κ1) is 19.2. The molecule has 0 saturated heterocycles. The van der Waals surface area contributed by atoms with Gasteiger partial charge in [-0.3, -0.25) is 9.48 Å². The van der Waals surface area contributed by atoms with Crippen LogP contribution in [-0.4, -0.2) is 15.7 Å². The topological polar surface area (TPSA) is 46.9 Å². The summed E-state index contributed by atoms with van der Waals surface area (Å²) in [4.78, 5) is 13.0. The number of aryl methyl sites for hydroxylation is 3. The minimum Gasteiger partial charge on any atom is -0.321 e. The summed E-state index contributed by atoms with van der Waals surface area (Å²) >= 11 is 6.27. The van der Waals surface area contributed by atoms with Crippen molar-refractivity contribution in [2.24, 2.45) is 0 Å². The van der Waals surface area contributed by atoms with Crippen molar-refractivity contribution in [3.05, 3.63) is 81.1 Å². The quantitative estimate of drug-likeness (QED) is 0.649. The number of nitrogens with one attached hydrogen (secondary N) is 1. The van der Waals surface area contributed by atoms with E-state index in [1.807, 2.05) is 67.9 Å². The number of halogens is 1. The van der Waals surface area contributed by atoms with Gasteiger partial charge in [-0.2, -0.15) is 5.10 Å². The fraction of sp³-hybridized carbons (Fsp3) is 0.273. The molecule has 0 fully saturated rings. The van der Waals surface area contributed by atoms with E-state index in [4.69, 9.17) is 11.6 Å². The first-order valence-electron chi connectivity index (χ1n) is 9.09. The van der Waals surface area contributed by atoms with Gasteiger partial charge < -0.3 is 5.32 Å². The van der Waals surface area contributed by atoms with Crippen LogP contribution in [0.25, 0.3) is 0 Å². The van der Waals surface area contributed by atoms with Crippen LogP contribution < -0.4 is 5.32 Å². The van der Waals surface area contributed by atoms with Gasteiger partial charge in [0, 0.05) is 16.4 Å². The Bertz CT molecular complexity index is 991. The average Bonchev–Trinajstić information content (AvgIpc) is 2.92. The van der Waals surface area contributed by atoms with Crippen molar-refractivity contribution in [2.45, 2.75) is 40.7 Å². The molecule has 0 aliphatic heterocycles. The number of carbonyl (C=O) groups is 1. The fourth-order valence-electron chi connectivity index (χ4n) is 3.35. The molecule has 0 bridgehead atoms.